The number of carbonyl (C=O) groups excluding carboxylic acids is 3. The number of hydrogen-bond donors (Lipinski definition) is 3. The predicted octanol–water partition coefficient (Wildman–Crippen LogP) is -1.93. The molecule has 0 heterocycles. The van der Waals surface area contributed by atoms with Crippen molar-refractivity contribution in [2.75, 3.05) is 0 Å². The van der Waals surface area contributed by atoms with E-state index in [-0.39, 0.29) is 6.42 Å². The van der Waals surface area contributed by atoms with E-state index in [1.54, 1.807) is 17.8 Å². The van der Waals surface area contributed by atoms with Gasteiger partial charge in [0.25, 0.3) is 0 Å². The minimum Gasteiger partial charge on any atom is -0.383 e. The molecule has 21 heavy (non-hydrogen) atoms. The van der Waals surface area contributed by atoms with Crippen LogP contribution in [0.5, 0.6) is 0 Å². The molecule has 0 aliphatic rings. The fourth-order valence-electron chi connectivity index (χ4n) is 2.00. The van der Waals surface area contributed by atoms with Gasteiger partial charge in [-0.1, -0.05) is 6.92 Å². The number of hydrogen-bond acceptors (Lipinski definition) is 6. The van der Waals surface area contributed by atoms with E-state index in [1.807, 2.05) is 0 Å². The first kappa shape index (κ1) is 18.6. The topological polar surface area (TPSA) is 112 Å². The van der Waals surface area contributed by atoms with Crippen LogP contribution in [0.4, 0.5) is 0 Å². The Balaban J connectivity index is 6.21. The summed E-state index contributed by atoms with van der Waals surface area (Å²) in [7, 11) is 0. The molecular formula is C15H14O6. The molecule has 0 saturated heterocycles. The van der Waals surface area contributed by atoms with Crippen molar-refractivity contribution < 1.29 is 29.7 Å². The van der Waals surface area contributed by atoms with Gasteiger partial charge in [-0.2, -0.15) is 0 Å². The maximum absolute atomic E-state index is 11.5. The van der Waals surface area contributed by atoms with E-state index in [2.05, 4.69) is 0 Å². The molecule has 0 aliphatic carbocycles. The molecule has 0 aliphatic heterocycles. The number of carbonyl (C=O) groups is 3. The second-order valence-electron chi connectivity index (χ2n) is 4.20. The Labute approximate surface area is 122 Å². The van der Waals surface area contributed by atoms with Crippen LogP contribution in [0.15, 0.2) is 0 Å². The molecule has 0 aromatic carbocycles. The van der Waals surface area contributed by atoms with Crippen molar-refractivity contribution in [1.29, 1.82) is 0 Å². The van der Waals surface area contributed by atoms with Gasteiger partial charge in [-0.15, -0.1) is 19.3 Å². The molecule has 0 aromatic heterocycles. The number of aliphatic hydroxyl groups is 3. The summed E-state index contributed by atoms with van der Waals surface area (Å²) in [6.07, 6.45) is 7.63. The lowest BCUT2D eigenvalue weighted by Crippen LogP contribution is -2.60. The van der Waals surface area contributed by atoms with E-state index < -0.39 is 41.1 Å². The third kappa shape index (κ3) is 3.18. The minimum atomic E-state index is -2.32. The van der Waals surface area contributed by atoms with Crippen molar-refractivity contribution >= 4 is 17.3 Å². The van der Waals surface area contributed by atoms with E-state index in [9.17, 15) is 29.7 Å². The Hall–Kier alpha value is -2.43. The Morgan fingerprint density at radius 3 is 1.24 bits per heavy atom. The molecule has 110 valence electrons. The molecule has 0 amide bonds. The van der Waals surface area contributed by atoms with Gasteiger partial charge in [-0.25, -0.2) is 0 Å². The summed E-state index contributed by atoms with van der Waals surface area (Å²) < 4.78 is 0. The van der Waals surface area contributed by atoms with E-state index in [0.29, 0.717) is 0 Å². The second-order valence-corrected chi connectivity index (χ2v) is 4.20. The number of rotatable bonds is 7. The van der Waals surface area contributed by atoms with Crippen LogP contribution >= 0.6 is 0 Å². The van der Waals surface area contributed by atoms with E-state index >= 15 is 0 Å². The summed E-state index contributed by atoms with van der Waals surface area (Å²) in [6, 6.07) is 0. The van der Waals surface area contributed by atoms with Gasteiger partial charge in [0.1, 0.15) is 18.3 Å². The smallest absolute Gasteiger partial charge is 0.234 e. The average Bonchev–Trinajstić information content (AvgIpc) is 2.52. The predicted molar refractivity (Wildman–Crippen MR) is 72.3 cm³/mol. The molecule has 0 bridgehead atoms. The first-order valence-corrected chi connectivity index (χ1v) is 5.80. The van der Waals surface area contributed by atoms with Crippen LogP contribution in [0.3, 0.4) is 0 Å². The SMILES string of the molecule is C#CC(=O)C(O)C(CC)(C(O)C(=O)C#C)C(O)C(=O)C#C. The number of Topliss-reactive ketones (excluding diaryl/α,β-unsaturated/α-hetero) is 3. The highest BCUT2D eigenvalue weighted by atomic mass is 16.3. The van der Waals surface area contributed by atoms with Crippen LogP contribution in [0.2, 0.25) is 0 Å². The average molecular weight is 290 g/mol. The molecule has 3 N–H and O–H groups in total. The molecule has 0 spiro atoms. The fourth-order valence-corrected chi connectivity index (χ4v) is 2.00. The summed E-state index contributed by atoms with van der Waals surface area (Å²) >= 11 is 0. The molecule has 0 saturated carbocycles. The molecular weight excluding hydrogens is 276 g/mol. The summed E-state index contributed by atoms with van der Waals surface area (Å²) in [4.78, 5) is 34.5. The van der Waals surface area contributed by atoms with Crippen LogP contribution in [-0.4, -0.2) is 51.0 Å². The van der Waals surface area contributed by atoms with E-state index in [4.69, 9.17) is 19.3 Å². The standard InChI is InChI=1S/C15H14O6/c1-5-9(16)12(19)15(8-4,13(20)10(17)6-2)14(21)11(18)7-3/h1-3,12-14,19-21H,8H2,4H3. The van der Waals surface area contributed by atoms with Crippen molar-refractivity contribution in [2.24, 2.45) is 5.41 Å². The molecule has 3 unspecified atom stereocenters. The highest BCUT2D eigenvalue weighted by Crippen LogP contribution is 2.36. The van der Waals surface area contributed by atoms with Gasteiger partial charge in [0.05, 0.1) is 5.41 Å². The van der Waals surface area contributed by atoms with Gasteiger partial charge < -0.3 is 15.3 Å². The monoisotopic (exact) mass is 290 g/mol. The van der Waals surface area contributed by atoms with Crippen LogP contribution < -0.4 is 0 Å². The zero-order chi connectivity index (χ0) is 16.8. The van der Waals surface area contributed by atoms with Crippen molar-refractivity contribution in [1.82, 2.24) is 0 Å². The highest BCUT2D eigenvalue weighted by Gasteiger charge is 2.55. The molecule has 0 rings (SSSR count). The Morgan fingerprint density at radius 2 is 1.10 bits per heavy atom. The van der Waals surface area contributed by atoms with E-state index in [0.717, 1.165) is 0 Å². The number of ketones is 3. The first-order valence-electron chi connectivity index (χ1n) is 5.80. The molecule has 6 nitrogen and oxygen atoms in total. The van der Waals surface area contributed by atoms with Crippen LogP contribution in [0.1, 0.15) is 13.3 Å². The molecule has 6 heteroatoms. The normalized spacial score (nSPS) is 17.0. The third-order valence-corrected chi connectivity index (χ3v) is 3.31. The Morgan fingerprint density at radius 1 is 0.857 bits per heavy atom. The Kier molecular flexibility index (Phi) is 6.52. The van der Waals surface area contributed by atoms with Crippen molar-refractivity contribution in [3.05, 3.63) is 0 Å². The first-order chi connectivity index (χ1) is 9.74. The van der Waals surface area contributed by atoms with Crippen LogP contribution in [-0.2, 0) is 14.4 Å². The van der Waals surface area contributed by atoms with Crippen LogP contribution in [0, 0.1) is 42.4 Å². The van der Waals surface area contributed by atoms with Gasteiger partial charge in [0.2, 0.25) is 17.3 Å². The quantitative estimate of drug-likeness (QED) is 0.372. The van der Waals surface area contributed by atoms with Crippen molar-refractivity contribution in [2.45, 2.75) is 31.7 Å². The number of terminal acetylenes is 3. The molecule has 0 radical (unpaired) electrons. The highest BCUT2D eigenvalue weighted by molar-refractivity contribution is 6.05. The van der Waals surface area contributed by atoms with Gasteiger partial charge >= 0.3 is 0 Å². The maximum Gasteiger partial charge on any atom is 0.234 e. The maximum atomic E-state index is 11.5. The second kappa shape index (κ2) is 7.38. The summed E-state index contributed by atoms with van der Waals surface area (Å²) in [5.41, 5.74) is -2.32. The molecule has 0 fully saturated rings. The van der Waals surface area contributed by atoms with Gasteiger partial charge in [0, 0.05) is 0 Å². The largest absolute Gasteiger partial charge is 0.383 e. The zero-order valence-corrected chi connectivity index (χ0v) is 11.2. The molecule has 0 aromatic rings. The molecule has 3 atom stereocenters. The lowest BCUT2D eigenvalue weighted by Gasteiger charge is -2.40. The summed E-state index contributed by atoms with van der Waals surface area (Å²) in [5.74, 6) is 1.08. The lowest BCUT2D eigenvalue weighted by atomic mass is 9.66. The van der Waals surface area contributed by atoms with Crippen molar-refractivity contribution in [3.8, 4) is 37.0 Å². The summed E-state index contributed by atoms with van der Waals surface area (Å²) in [5, 5.41) is 30.0. The number of aliphatic hydroxyl groups excluding tert-OH is 3. The minimum absolute atomic E-state index is 0.370. The Bertz CT molecular complexity index is 490. The fraction of sp³-hybridized carbons (Fsp3) is 0.400. The van der Waals surface area contributed by atoms with Crippen LogP contribution in [0.25, 0.3) is 0 Å². The van der Waals surface area contributed by atoms with Gasteiger partial charge in [-0.05, 0) is 24.2 Å². The lowest BCUT2D eigenvalue weighted by molar-refractivity contribution is -0.168. The van der Waals surface area contributed by atoms with E-state index in [1.165, 1.54) is 6.92 Å². The summed E-state index contributed by atoms with van der Waals surface area (Å²) in [6.45, 7) is 1.31. The van der Waals surface area contributed by atoms with Crippen molar-refractivity contribution in [3.63, 3.8) is 0 Å². The van der Waals surface area contributed by atoms with Gasteiger partial charge in [0.15, 0.2) is 0 Å². The zero-order valence-electron chi connectivity index (χ0n) is 11.2. The third-order valence-electron chi connectivity index (χ3n) is 3.31. The van der Waals surface area contributed by atoms with Gasteiger partial charge in [-0.3, -0.25) is 14.4 Å².